The van der Waals surface area contributed by atoms with E-state index in [-0.39, 0.29) is 0 Å². The second-order valence-corrected chi connectivity index (χ2v) is 4.46. The van der Waals surface area contributed by atoms with Gasteiger partial charge in [-0.2, -0.15) is 5.10 Å². The summed E-state index contributed by atoms with van der Waals surface area (Å²) in [5, 5.41) is 4.82. The molecule has 0 fully saturated rings. The Kier molecular flexibility index (Phi) is 2.98. The number of hydrogen-bond donors (Lipinski definition) is 1. The summed E-state index contributed by atoms with van der Waals surface area (Å²) in [6.45, 7) is 0.651. The van der Waals surface area contributed by atoms with Crippen LogP contribution in [0.1, 0.15) is 5.56 Å². The van der Waals surface area contributed by atoms with Crippen LogP contribution in [0.15, 0.2) is 34.9 Å². The van der Waals surface area contributed by atoms with Crippen LogP contribution < -0.4 is 5.73 Å². The van der Waals surface area contributed by atoms with E-state index in [9.17, 15) is 0 Å². The molecule has 0 spiro atoms. The summed E-state index contributed by atoms with van der Waals surface area (Å²) in [4.78, 5) is 0. The Hall–Kier alpha value is -1.000. The topological polar surface area (TPSA) is 43.8 Å². The molecular weight excluding hydrogens is 277 g/mol. The molecule has 0 saturated carbocycles. The van der Waals surface area contributed by atoms with Crippen molar-refractivity contribution < 1.29 is 0 Å². The molecule has 0 unspecified atom stereocenters. The van der Waals surface area contributed by atoms with Gasteiger partial charge in [0.05, 0.1) is 6.54 Å². The lowest BCUT2D eigenvalue weighted by Gasteiger charge is -2.05. The predicted octanol–water partition coefficient (Wildman–Crippen LogP) is 2.93. The van der Waals surface area contributed by atoms with Crippen molar-refractivity contribution in [3.63, 3.8) is 0 Å². The van der Waals surface area contributed by atoms with Crippen molar-refractivity contribution in [3.8, 4) is 0 Å². The van der Waals surface area contributed by atoms with Gasteiger partial charge in [-0.3, -0.25) is 4.68 Å². The first-order chi connectivity index (χ1) is 7.15. The maximum Gasteiger partial charge on any atom is 0.145 e. The van der Waals surface area contributed by atoms with Crippen LogP contribution in [0.3, 0.4) is 0 Å². The van der Waals surface area contributed by atoms with Gasteiger partial charge >= 0.3 is 0 Å². The second-order valence-electron chi connectivity index (χ2n) is 3.17. The van der Waals surface area contributed by atoms with Crippen molar-refractivity contribution >= 4 is 33.3 Å². The molecule has 1 aromatic heterocycles. The van der Waals surface area contributed by atoms with Crippen LogP contribution in [0.25, 0.3) is 0 Å². The highest BCUT2D eigenvalue weighted by Gasteiger charge is 2.02. The predicted molar refractivity (Wildman–Crippen MR) is 64.9 cm³/mol. The summed E-state index contributed by atoms with van der Waals surface area (Å²) in [5.74, 6) is 0.521. The molecule has 1 heterocycles. The lowest BCUT2D eigenvalue weighted by molar-refractivity contribution is 0.688. The first kappa shape index (κ1) is 10.5. The molecule has 0 bridgehead atoms. The molecule has 0 amide bonds. The smallest absolute Gasteiger partial charge is 0.145 e. The molecule has 5 heteroatoms. The van der Waals surface area contributed by atoms with E-state index in [1.807, 2.05) is 24.4 Å². The van der Waals surface area contributed by atoms with E-state index in [0.29, 0.717) is 17.4 Å². The number of hydrogen-bond acceptors (Lipinski definition) is 2. The molecule has 2 rings (SSSR count). The molecule has 0 atom stereocenters. The van der Waals surface area contributed by atoms with Crippen LogP contribution in [0.2, 0.25) is 5.02 Å². The van der Waals surface area contributed by atoms with Gasteiger partial charge in [-0.1, -0.05) is 27.5 Å². The third-order valence-electron chi connectivity index (χ3n) is 2.00. The van der Waals surface area contributed by atoms with E-state index in [1.165, 1.54) is 0 Å². The quantitative estimate of drug-likeness (QED) is 0.922. The summed E-state index contributed by atoms with van der Waals surface area (Å²) >= 11 is 9.38. The molecule has 0 aliphatic rings. The van der Waals surface area contributed by atoms with Gasteiger partial charge in [0.15, 0.2) is 0 Å². The Morgan fingerprint density at radius 2 is 2.20 bits per heavy atom. The average molecular weight is 287 g/mol. The van der Waals surface area contributed by atoms with E-state index in [1.54, 1.807) is 10.7 Å². The molecule has 0 aliphatic carbocycles. The molecule has 2 aromatic rings. The normalized spacial score (nSPS) is 10.5. The Bertz CT molecular complexity index is 481. The van der Waals surface area contributed by atoms with Gasteiger partial charge in [0.2, 0.25) is 0 Å². The van der Waals surface area contributed by atoms with Crippen molar-refractivity contribution in [2.75, 3.05) is 5.73 Å². The van der Waals surface area contributed by atoms with Gasteiger partial charge in [-0.05, 0) is 29.8 Å². The Balaban J connectivity index is 2.27. The summed E-state index contributed by atoms with van der Waals surface area (Å²) in [6, 6.07) is 7.43. The standard InChI is InChI=1S/C10H9BrClN3/c11-9-2-1-8(12)5-7(9)6-15-4-3-10(13)14-15/h1-5H,6H2,(H2,13,14). The highest BCUT2D eigenvalue weighted by molar-refractivity contribution is 9.10. The van der Waals surface area contributed by atoms with Gasteiger partial charge < -0.3 is 5.73 Å². The highest BCUT2D eigenvalue weighted by atomic mass is 79.9. The number of benzene rings is 1. The summed E-state index contributed by atoms with van der Waals surface area (Å²) in [7, 11) is 0. The largest absolute Gasteiger partial charge is 0.382 e. The third kappa shape index (κ3) is 2.52. The van der Waals surface area contributed by atoms with Gasteiger partial charge in [0.1, 0.15) is 5.82 Å². The fraction of sp³-hybridized carbons (Fsp3) is 0.100. The van der Waals surface area contributed by atoms with Crippen molar-refractivity contribution in [2.24, 2.45) is 0 Å². The summed E-state index contributed by atoms with van der Waals surface area (Å²) in [5.41, 5.74) is 6.61. The lowest BCUT2D eigenvalue weighted by atomic mass is 10.2. The Labute approximate surface area is 101 Å². The fourth-order valence-corrected chi connectivity index (χ4v) is 1.87. The molecule has 2 N–H and O–H groups in total. The average Bonchev–Trinajstić information content (AvgIpc) is 2.58. The number of anilines is 1. The van der Waals surface area contributed by atoms with Crippen LogP contribution in [-0.4, -0.2) is 9.78 Å². The number of rotatable bonds is 2. The summed E-state index contributed by atoms with van der Waals surface area (Å²) < 4.78 is 2.78. The minimum atomic E-state index is 0.521. The van der Waals surface area contributed by atoms with Crippen molar-refractivity contribution in [3.05, 3.63) is 45.5 Å². The van der Waals surface area contributed by atoms with E-state index in [4.69, 9.17) is 17.3 Å². The molecule has 0 radical (unpaired) electrons. The molecule has 0 saturated heterocycles. The first-order valence-corrected chi connectivity index (χ1v) is 5.55. The van der Waals surface area contributed by atoms with E-state index in [0.717, 1.165) is 10.0 Å². The summed E-state index contributed by atoms with van der Waals surface area (Å²) in [6.07, 6.45) is 1.84. The van der Waals surface area contributed by atoms with Crippen LogP contribution in [0.5, 0.6) is 0 Å². The van der Waals surface area contributed by atoms with Crippen molar-refractivity contribution in [1.29, 1.82) is 0 Å². The van der Waals surface area contributed by atoms with Gasteiger partial charge in [-0.15, -0.1) is 0 Å². The Morgan fingerprint density at radius 3 is 2.87 bits per heavy atom. The van der Waals surface area contributed by atoms with Crippen LogP contribution in [0, 0.1) is 0 Å². The first-order valence-electron chi connectivity index (χ1n) is 4.38. The zero-order valence-corrected chi connectivity index (χ0v) is 10.2. The van der Waals surface area contributed by atoms with Crippen molar-refractivity contribution in [2.45, 2.75) is 6.54 Å². The number of halogens is 2. The third-order valence-corrected chi connectivity index (χ3v) is 3.01. The number of aromatic nitrogens is 2. The zero-order valence-electron chi connectivity index (χ0n) is 7.82. The van der Waals surface area contributed by atoms with E-state index in [2.05, 4.69) is 21.0 Å². The Morgan fingerprint density at radius 1 is 1.40 bits per heavy atom. The van der Waals surface area contributed by atoms with E-state index < -0.39 is 0 Å². The minimum absolute atomic E-state index is 0.521. The maximum atomic E-state index is 5.91. The molecule has 78 valence electrons. The van der Waals surface area contributed by atoms with Crippen LogP contribution in [-0.2, 0) is 6.54 Å². The van der Waals surface area contributed by atoms with E-state index >= 15 is 0 Å². The zero-order chi connectivity index (χ0) is 10.8. The molecule has 0 aliphatic heterocycles. The minimum Gasteiger partial charge on any atom is -0.382 e. The molecular formula is C10H9BrClN3. The van der Waals surface area contributed by atoms with Gasteiger partial charge in [-0.25, -0.2) is 0 Å². The highest BCUT2D eigenvalue weighted by Crippen LogP contribution is 2.21. The fourth-order valence-electron chi connectivity index (χ4n) is 1.30. The number of nitrogen functional groups attached to an aromatic ring is 1. The SMILES string of the molecule is Nc1ccn(Cc2cc(Cl)ccc2Br)n1. The monoisotopic (exact) mass is 285 g/mol. The van der Waals surface area contributed by atoms with Crippen LogP contribution >= 0.6 is 27.5 Å². The number of nitrogens with two attached hydrogens (primary N) is 1. The number of nitrogens with zero attached hydrogens (tertiary/aromatic N) is 2. The van der Waals surface area contributed by atoms with Crippen LogP contribution in [0.4, 0.5) is 5.82 Å². The molecule has 3 nitrogen and oxygen atoms in total. The van der Waals surface area contributed by atoms with Gasteiger partial charge in [0, 0.05) is 15.7 Å². The maximum absolute atomic E-state index is 5.91. The van der Waals surface area contributed by atoms with Gasteiger partial charge in [0.25, 0.3) is 0 Å². The van der Waals surface area contributed by atoms with Crippen molar-refractivity contribution in [1.82, 2.24) is 9.78 Å². The molecule has 1 aromatic carbocycles. The lowest BCUT2D eigenvalue weighted by Crippen LogP contribution is -2.01. The second kappa shape index (κ2) is 4.24. The molecule has 15 heavy (non-hydrogen) atoms.